The molecule has 58 valence electrons. The van der Waals surface area contributed by atoms with Crippen molar-refractivity contribution < 1.29 is 10.2 Å². The Bertz CT molecular complexity index is 149. The van der Waals surface area contributed by atoms with Crippen molar-refractivity contribution in [2.24, 2.45) is 0 Å². The van der Waals surface area contributed by atoms with Gasteiger partial charge < -0.3 is 10.2 Å². The SMILES string of the molecule is C[Si](C)(C)C#CC(O)CO. The van der Waals surface area contributed by atoms with E-state index in [2.05, 4.69) is 31.1 Å². The molecule has 0 aromatic carbocycles. The maximum absolute atomic E-state index is 8.82. The summed E-state index contributed by atoms with van der Waals surface area (Å²) in [6.07, 6.45) is -0.855. The van der Waals surface area contributed by atoms with Gasteiger partial charge in [0.1, 0.15) is 14.2 Å². The van der Waals surface area contributed by atoms with Crippen LogP contribution in [-0.2, 0) is 0 Å². The van der Waals surface area contributed by atoms with E-state index in [0.29, 0.717) is 0 Å². The Labute approximate surface area is 62.9 Å². The summed E-state index contributed by atoms with van der Waals surface area (Å²) in [7, 11) is -1.37. The fourth-order valence-electron chi connectivity index (χ4n) is 0.345. The van der Waals surface area contributed by atoms with Crippen molar-refractivity contribution in [2.75, 3.05) is 6.61 Å². The number of hydrogen-bond donors (Lipinski definition) is 2. The molecule has 0 aliphatic heterocycles. The summed E-state index contributed by atoms with van der Waals surface area (Å²) in [6, 6.07) is 0. The molecule has 1 unspecified atom stereocenters. The minimum Gasteiger partial charge on any atom is -0.393 e. The molecule has 0 bridgehead atoms. The van der Waals surface area contributed by atoms with Gasteiger partial charge in [0.25, 0.3) is 0 Å². The molecular formula is C7H14O2Si. The van der Waals surface area contributed by atoms with E-state index in [1.807, 2.05) is 0 Å². The zero-order chi connectivity index (χ0) is 8.20. The van der Waals surface area contributed by atoms with Crippen molar-refractivity contribution in [3.05, 3.63) is 0 Å². The largest absolute Gasteiger partial charge is 0.393 e. The van der Waals surface area contributed by atoms with Crippen LogP contribution in [0.3, 0.4) is 0 Å². The van der Waals surface area contributed by atoms with Crippen molar-refractivity contribution in [2.45, 2.75) is 25.7 Å². The third-order valence-corrected chi connectivity index (χ3v) is 1.68. The molecule has 0 spiro atoms. The quantitative estimate of drug-likeness (QED) is 0.423. The molecule has 0 heterocycles. The van der Waals surface area contributed by atoms with E-state index in [0.717, 1.165) is 0 Å². The maximum atomic E-state index is 8.82. The van der Waals surface area contributed by atoms with E-state index in [9.17, 15) is 0 Å². The predicted molar refractivity (Wildman–Crippen MR) is 44.2 cm³/mol. The molecule has 0 aliphatic rings. The molecule has 2 nitrogen and oxygen atoms in total. The van der Waals surface area contributed by atoms with E-state index >= 15 is 0 Å². The lowest BCUT2D eigenvalue weighted by atomic mass is 10.4. The smallest absolute Gasteiger partial charge is 0.137 e. The molecule has 0 amide bonds. The second kappa shape index (κ2) is 3.77. The van der Waals surface area contributed by atoms with Gasteiger partial charge in [-0.2, -0.15) is 0 Å². The molecule has 0 saturated carbocycles. The predicted octanol–water partition coefficient (Wildman–Crippen LogP) is 0.220. The van der Waals surface area contributed by atoms with E-state index in [4.69, 9.17) is 10.2 Å². The molecule has 2 N–H and O–H groups in total. The van der Waals surface area contributed by atoms with Crippen LogP contribution in [0.2, 0.25) is 19.6 Å². The summed E-state index contributed by atoms with van der Waals surface area (Å²) in [4.78, 5) is 0. The standard InChI is InChI=1S/C7H14O2Si/c1-10(2,3)5-4-7(9)6-8/h7-9H,6H2,1-3H3. The van der Waals surface area contributed by atoms with Gasteiger partial charge in [0.2, 0.25) is 0 Å². The van der Waals surface area contributed by atoms with E-state index in [1.165, 1.54) is 0 Å². The third kappa shape index (κ3) is 5.83. The van der Waals surface area contributed by atoms with Crippen molar-refractivity contribution in [3.63, 3.8) is 0 Å². The van der Waals surface area contributed by atoms with Gasteiger partial charge in [0, 0.05) is 0 Å². The normalized spacial score (nSPS) is 13.7. The molecule has 0 aliphatic carbocycles. The van der Waals surface area contributed by atoms with Crippen LogP contribution in [0, 0.1) is 11.5 Å². The highest BCUT2D eigenvalue weighted by Gasteiger charge is 2.07. The average Bonchev–Trinajstić information content (AvgIpc) is 1.81. The van der Waals surface area contributed by atoms with Gasteiger partial charge in [-0.1, -0.05) is 25.6 Å². The van der Waals surface area contributed by atoms with Gasteiger partial charge in [-0.05, 0) is 0 Å². The highest BCUT2D eigenvalue weighted by atomic mass is 28.3. The van der Waals surface area contributed by atoms with Crippen molar-refractivity contribution in [1.82, 2.24) is 0 Å². The Hall–Kier alpha value is -0.303. The fraction of sp³-hybridized carbons (Fsp3) is 0.714. The highest BCUT2D eigenvalue weighted by Crippen LogP contribution is 1.96. The topological polar surface area (TPSA) is 40.5 Å². The molecule has 0 rings (SSSR count). The summed E-state index contributed by atoms with van der Waals surface area (Å²) < 4.78 is 0. The summed E-state index contributed by atoms with van der Waals surface area (Å²) in [5.74, 6) is 2.59. The molecule has 0 aromatic rings. The number of aliphatic hydroxyl groups excluding tert-OH is 2. The Kier molecular flexibility index (Phi) is 3.65. The first-order valence-electron chi connectivity index (χ1n) is 3.27. The van der Waals surface area contributed by atoms with Crippen molar-refractivity contribution in [1.29, 1.82) is 0 Å². The molecule has 3 heteroatoms. The van der Waals surface area contributed by atoms with Crippen LogP contribution >= 0.6 is 0 Å². The second-order valence-electron chi connectivity index (χ2n) is 3.22. The highest BCUT2D eigenvalue weighted by molar-refractivity contribution is 6.83. The van der Waals surface area contributed by atoms with Crippen LogP contribution in [0.25, 0.3) is 0 Å². The van der Waals surface area contributed by atoms with Crippen molar-refractivity contribution >= 4 is 8.07 Å². The van der Waals surface area contributed by atoms with Crippen LogP contribution in [0.4, 0.5) is 0 Å². The lowest BCUT2D eigenvalue weighted by Gasteiger charge is -2.04. The number of aliphatic hydroxyl groups is 2. The molecule has 0 fully saturated rings. The number of hydrogen-bond acceptors (Lipinski definition) is 2. The van der Waals surface area contributed by atoms with Crippen LogP contribution in [-0.4, -0.2) is 31.0 Å². The zero-order valence-corrected chi connectivity index (χ0v) is 7.68. The molecule has 0 radical (unpaired) electrons. The lowest BCUT2D eigenvalue weighted by molar-refractivity contribution is 0.138. The van der Waals surface area contributed by atoms with Crippen LogP contribution < -0.4 is 0 Å². The molecule has 0 aromatic heterocycles. The van der Waals surface area contributed by atoms with Crippen LogP contribution in [0.1, 0.15) is 0 Å². The Morgan fingerprint density at radius 3 is 2.20 bits per heavy atom. The summed E-state index contributed by atoms with van der Waals surface area (Å²) >= 11 is 0. The van der Waals surface area contributed by atoms with Crippen LogP contribution in [0.5, 0.6) is 0 Å². The third-order valence-electron chi connectivity index (χ3n) is 0.787. The van der Waals surface area contributed by atoms with E-state index < -0.39 is 14.2 Å². The Morgan fingerprint density at radius 1 is 1.40 bits per heavy atom. The summed E-state index contributed by atoms with van der Waals surface area (Å²) in [5.41, 5.74) is 2.95. The monoisotopic (exact) mass is 158 g/mol. The molecular weight excluding hydrogens is 144 g/mol. The first kappa shape index (κ1) is 9.70. The summed E-state index contributed by atoms with van der Waals surface area (Å²) in [5, 5.41) is 17.2. The average molecular weight is 158 g/mol. The molecule has 0 saturated heterocycles. The summed E-state index contributed by atoms with van der Waals surface area (Å²) in [6.45, 7) is 6.00. The fourth-order valence-corrected chi connectivity index (χ4v) is 0.945. The van der Waals surface area contributed by atoms with Gasteiger partial charge >= 0.3 is 0 Å². The minimum absolute atomic E-state index is 0.266. The Balaban J connectivity index is 3.91. The van der Waals surface area contributed by atoms with Gasteiger partial charge in [-0.25, -0.2) is 0 Å². The van der Waals surface area contributed by atoms with Crippen LogP contribution in [0.15, 0.2) is 0 Å². The van der Waals surface area contributed by atoms with E-state index in [-0.39, 0.29) is 6.61 Å². The first-order valence-corrected chi connectivity index (χ1v) is 6.77. The van der Waals surface area contributed by atoms with Gasteiger partial charge in [0.15, 0.2) is 0 Å². The van der Waals surface area contributed by atoms with Gasteiger partial charge in [-0.15, -0.1) is 5.54 Å². The van der Waals surface area contributed by atoms with Crippen molar-refractivity contribution in [3.8, 4) is 11.5 Å². The minimum atomic E-state index is -1.37. The molecule has 1 atom stereocenters. The number of rotatable bonds is 1. The van der Waals surface area contributed by atoms with Gasteiger partial charge in [0.05, 0.1) is 6.61 Å². The second-order valence-corrected chi connectivity index (χ2v) is 7.97. The lowest BCUT2D eigenvalue weighted by Crippen LogP contribution is -2.18. The van der Waals surface area contributed by atoms with E-state index in [1.54, 1.807) is 0 Å². The maximum Gasteiger partial charge on any atom is 0.137 e. The first-order chi connectivity index (χ1) is 4.45. The zero-order valence-electron chi connectivity index (χ0n) is 6.68. The van der Waals surface area contributed by atoms with Gasteiger partial charge in [-0.3, -0.25) is 0 Å². The molecule has 10 heavy (non-hydrogen) atoms. The Morgan fingerprint density at radius 2 is 1.90 bits per heavy atom.